The maximum atomic E-state index is 12.7. The molecule has 2 aromatic heterocycles. The summed E-state index contributed by atoms with van der Waals surface area (Å²) in [5, 5.41) is 9.65. The van der Waals surface area contributed by atoms with Gasteiger partial charge in [-0.25, -0.2) is 9.97 Å². The summed E-state index contributed by atoms with van der Waals surface area (Å²) in [5.41, 5.74) is 1.13. The fourth-order valence-corrected chi connectivity index (χ4v) is 3.15. The number of hydrogen-bond donors (Lipinski definition) is 0. The molecule has 0 saturated carbocycles. The summed E-state index contributed by atoms with van der Waals surface area (Å²) >= 11 is 1.46. The molecule has 2 aromatic rings. The number of nitrogens with zero attached hydrogens (tertiary/aromatic N) is 4. The normalized spacial score (nSPS) is 16.7. The molecule has 0 aromatic carbocycles. The van der Waals surface area contributed by atoms with Crippen LogP contribution in [0.3, 0.4) is 0 Å². The molecule has 0 N–H and O–H groups in total. The Morgan fingerprint density at radius 3 is 3.08 bits per heavy atom. The Morgan fingerprint density at radius 1 is 1.42 bits per heavy atom. The van der Waals surface area contributed by atoms with Crippen molar-refractivity contribution in [3.8, 4) is 11.9 Å². The number of nitriles is 1. The van der Waals surface area contributed by atoms with E-state index in [0.29, 0.717) is 30.1 Å². The van der Waals surface area contributed by atoms with Crippen molar-refractivity contribution >= 4 is 17.7 Å². The first kappa shape index (κ1) is 16.3. The van der Waals surface area contributed by atoms with Crippen LogP contribution in [-0.2, 0) is 0 Å². The van der Waals surface area contributed by atoms with Gasteiger partial charge < -0.3 is 9.64 Å². The third-order valence-electron chi connectivity index (χ3n) is 3.78. The van der Waals surface area contributed by atoms with Gasteiger partial charge in [0.25, 0.3) is 5.91 Å². The van der Waals surface area contributed by atoms with Crippen LogP contribution >= 0.6 is 11.8 Å². The Kier molecular flexibility index (Phi) is 4.96. The minimum Gasteiger partial charge on any atom is -0.472 e. The molecule has 0 radical (unpaired) electrons. The lowest BCUT2D eigenvalue weighted by atomic mass is 10.2. The summed E-state index contributed by atoms with van der Waals surface area (Å²) in [6, 6.07) is 8.87. The van der Waals surface area contributed by atoms with Crippen LogP contribution in [0.25, 0.3) is 0 Å². The molecule has 1 amide bonds. The smallest absolute Gasteiger partial charge is 0.256 e. The molecular formula is C17H16N4O2S. The van der Waals surface area contributed by atoms with Crippen LogP contribution < -0.4 is 4.74 Å². The number of rotatable bonds is 4. The minimum atomic E-state index is -0.121. The lowest BCUT2D eigenvalue weighted by Gasteiger charge is -2.18. The fraction of sp³-hybridized carbons (Fsp3) is 0.294. The van der Waals surface area contributed by atoms with Crippen LogP contribution in [0.5, 0.6) is 5.88 Å². The Morgan fingerprint density at radius 2 is 2.29 bits per heavy atom. The predicted molar refractivity (Wildman–Crippen MR) is 89.9 cm³/mol. The molecule has 0 aliphatic carbocycles. The number of ether oxygens (including phenoxy) is 1. The van der Waals surface area contributed by atoms with E-state index in [1.807, 2.05) is 6.26 Å². The summed E-state index contributed by atoms with van der Waals surface area (Å²) in [7, 11) is 0. The molecule has 6 nitrogen and oxygen atoms in total. The van der Waals surface area contributed by atoms with Gasteiger partial charge in [0, 0.05) is 31.4 Å². The highest BCUT2D eigenvalue weighted by molar-refractivity contribution is 7.98. The summed E-state index contributed by atoms with van der Waals surface area (Å²) in [4.78, 5) is 22.8. The minimum absolute atomic E-state index is 0.0303. The van der Waals surface area contributed by atoms with Gasteiger partial charge in [-0.15, -0.1) is 11.8 Å². The zero-order valence-electron chi connectivity index (χ0n) is 13.2. The molecular weight excluding hydrogens is 324 g/mol. The van der Waals surface area contributed by atoms with E-state index in [2.05, 4.69) is 16.0 Å². The van der Waals surface area contributed by atoms with Crippen molar-refractivity contribution in [2.45, 2.75) is 17.6 Å². The molecule has 122 valence electrons. The molecule has 7 heteroatoms. The Balaban J connectivity index is 1.67. The molecule has 1 saturated heterocycles. The average molecular weight is 340 g/mol. The standard InChI is InChI=1S/C17H16N4O2S/c1-24-16-14(3-2-6-20-16)17(22)21-8-5-13(11-21)23-15-9-12(10-18)4-7-19-15/h2-4,6-7,9,13H,5,8,11H2,1H3. The van der Waals surface area contributed by atoms with E-state index in [9.17, 15) is 4.79 Å². The van der Waals surface area contributed by atoms with Crippen LogP contribution in [-0.4, -0.2) is 46.2 Å². The molecule has 1 aliphatic rings. The second-order valence-electron chi connectivity index (χ2n) is 5.33. The average Bonchev–Trinajstić information content (AvgIpc) is 3.09. The highest BCUT2D eigenvalue weighted by Crippen LogP contribution is 2.23. The van der Waals surface area contributed by atoms with Crippen molar-refractivity contribution in [3.05, 3.63) is 47.8 Å². The van der Waals surface area contributed by atoms with Crippen LogP contribution in [0, 0.1) is 11.3 Å². The second kappa shape index (κ2) is 7.32. The monoisotopic (exact) mass is 340 g/mol. The number of amides is 1. The van der Waals surface area contributed by atoms with Crippen LogP contribution in [0.4, 0.5) is 0 Å². The van der Waals surface area contributed by atoms with Gasteiger partial charge in [0.05, 0.1) is 23.7 Å². The number of aromatic nitrogens is 2. The zero-order chi connectivity index (χ0) is 16.9. The maximum absolute atomic E-state index is 12.7. The number of carbonyl (C=O) groups is 1. The van der Waals surface area contributed by atoms with Gasteiger partial charge in [0.15, 0.2) is 0 Å². The Labute approximate surface area is 144 Å². The van der Waals surface area contributed by atoms with Crippen LogP contribution in [0.15, 0.2) is 41.7 Å². The van der Waals surface area contributed by atoms with Gasteiger partial charge in [-0.3, -0.25) is 4.79 Å². The van der Waals surface area contributed by atoms with Gasteiger partial charge >= 0.3 is 0 Å². The van der Waals surface area contributed by atoms with Gasteiger partial charge in [-0.05, 0) is 24.5 Å². The number of pyridine rings is 2. The Bertz CT molecular complexity index is 790. The third kappa shape index (κ3) is 3.49. The Hall–Kier alpha value is -2.59. The second-order valence-corrected chi connectivity index (χ2v) is 6.13. The molecule has 1 unspecified atom stereocenters. The number of carbonyl (C=O) groups excluding carboxylic acids is 1. The van der Waals surface area contributed by atoms with Crippen LogP contribution in [0.1, 0.15) is 22.3 Å². The van der Waals surface area contributed by atoms with E-state index in [1.54, 1.807) is 41.6 Å². The topological polar surface area (TPSA) is 79.1 Å². The summed E-state index contributed by atoms with van der Waals surface area (Å²) in [5.74, 6) is 0.386. The molecule has 24 heavy (non-hydrogen) atoms. The lowest BCUT2D eigenvalue weighted by Crippen LogP contribution is -2.31. The summed E-state index contributed by atoms with van der Waals surface area (Å²) < 4.78 is 5.81. The van der Waals surface area contributed by atoms with Gasteiger partial charge in [0.2, 0.25) is 5.88 Å². The highest BCUT2D eigenvalue weighted by Gasteiger charge is 2.29. The van der Waals surface area contributed by atoms with Gasteiger partial charge in [-0.2, -0.15) is 5.26 Å². The van der Waals surface area contributed by atoms with E-state index in [-0.39, 0.29) is 12.0 Å². The molecule has 3 rings (SSSR count). The third-order valence-corrected chi connectivity index (χ3v) is 4.49. The van der Waals surface area contributed by atoms with Crippen molar-refractivity contribution in [2.75, 3.05) is 19.3 Å². The quantitative estimate of drug-likeness (QED) is 0.795. The predicted octanol–water partition coefficient (Wildman–Crippen LogP) is 2.36. The highest BCUT2D eigenvalue weighted by atomic mass is 32.2. The molecule has 3 heterocycles. The largest absolute Gasteiger partial charge is 0.472 e. The number of likely N-dealkylation sites (tertiary alicyclic amines) is 1. The van der Waals surface area contributed by atoms with E-state index in [0.717, 1.165) is 11.4 Å². The van der Waals surface area contributed by atoms with E-state index in [1.165, 1.54) is 11.8 Å². The van der Waals surface area contributed by atoms with Crippen molar-refractivity contribution in [1.82, 2.24) is 14.9 Å². The molecule has 1 atom stereocenters. The molecule has 1 fully saturated rings. The lowest BCUT2D eigenvalue weighted by molar-refractivity contribution is 0.0767. The van der Waals surface area contributed by atoms with Crippen molar-refractivity contribution in [2.24, 2.45) is 0 Å². The zero-order valence-corrected chi connectivity index (χ0v) is 14.0. The SMILES string of the molecule is CSc1ncccc1C(=O)N1CCC(Oc2cc(C#N)ccn2)C1. The number of thioether (sulfide) groups is 1. The van der Waals surface area contributed by atoms with E-state index in [4.69, 9.17) is 10.00 Å². The van der Waals surface area contributed by atoms with Gasteiger partial charge in [0.1, 0.15) is 11.1 Å². The maximum Gasteiger partial charge on any atom is 0.256 e. The first-order valence-electron chi connectivity index (χ1n) is 7.52. The molecule has 1 aliphatic heterocycles. The first-order valence-corrected chi connectivity index (χ1v) is 8.75. The summed E-state index contributed by atoms with van der Waals surface area (Å²) in [6.07, 6.45) is 5.75. The number of hydrogen-bond acceptors (Lipinski definition) is 6. The van der Waals surface area contributed by atoms with E-state index < -0.39 is 0 Å². The van der Waals surface area contributed by atoms with Crippen molar-refractivity contribution < 1.29 is 9.53 Å². The van der Waals surface area contributed by atoms with Crippen molar-refractivity contribution in [1.29, 1.82) is 5.26 Å². The van der Waals surface area contributed by atoms with Crippen molar-refractivity contribution in [3.63, 3.8) is 0 Å². The summed E-state index contributed by atoms with van der Waals surface area (Å²) in [6.45, 7) is 1.13. The van der Waals surface area contributed by atoms with E-state index >= 15 is 0 Å². The molecule has 0 bridgehead atoms. The molecule has 0 spiro atoms. The first-order chi connectivity index (χ1) is 11.7. The fourth-order valence-electron chi connectivity index (χ4n) is 2.61. The van der Waals surface area contributed by atoms with Crippen LogP contribution in [0.2, 0.25) is 0 Å². The van der Waals surface area contributed by atoms with Gasteiger partial charge in [-0.1, -0.05) is 0 Å².